The van der Waals surface area contributed by atoms with Crippen molar-refractivity contribution in [2.45, 2.75) is 147 Å². The third-order valence-corrected chi connectivity index (χ3v) is 26.1. The molecule has 1 aliphatic heterocycles. The minimum absolute atomic E-state index is 0.102. The van der Waals surface area contributed by atoms with Crippen LogP contribution in [0, 0.1) is 13.8 Å². The summed E-state index contributed by atoms with van der Waals surface area (Å²) >= 11 is 0. The lowest BCUT2D eigenvalue weighted by Gasteiger charge is -2.27. The van der Waals surface area contributed by atoms with Crippen molar-refractivity contribution in [3.8, 4) is 79.7 Å². The Morgan fingerprint density at radius 2 is 0.455 bits per heavy atom. The van der Waals surface area contributed by atoms with E-state index >= 15 is 0 Å². The van der Waals surface area contributed by atoms with E-state index in [4.69, 9.17) is 66.3 Å². The fourth-order valence-electron chi connectivity index (χ4n) is 16.3. The average molecular weight is 1950 g/mol. The molecule has 1 heterocycles. The molecule has 3 N–H and O–H groups in total. The molecule has 754 valence electrons. The van der Waals surface area contributed by atoms with Crippen LogP contribution in [0.2, 0.25) is 0 Å². The summed E-state index contributed by atoms with van der Waals surface area (Å²) in [6, 6.07) is 117. The summed E-state index contributed by atoms with van der Waals surface area (Å²) in [4.78, 5) is 23.5. The van der Waals surface area contributed by atoms with Crippen LogP contribution in [0.3, 0.4) is 0 Å². The first kappa shape index (κ1) is 108. The highest BCUT2D eigenvalue weighted by molar-refractivity contribution is 5.82. The number of hydrogen-bond acceptors (Lipinski definition) is 19. The molecule has 6 unspecified atom stereocenters. The van der Waals surface area contributed by atoms with Gasteiger partial charge in [-0.25, -0.2) is 9.59 Å². The molecule has 15 rings (SSSR count). The second-order valence-corrected chi connectivity index (χ2v) is 38.8. The average Bonchev–Trinajstić information content (AvgIpc) is 1.34. The number of hydrogen-bond donors (Lipinski definition) is 3. The van der Waals surface area contributed by atoms with Gasteiger partial charge in [-0.2, -0.15) is 0 Å². The van der Waals surface area contributed by atoms with Gasteiger partial charge in [0.05, 0.1) is 13.2 Å². The lowest BCUT2D eigenvalue weighted by Crippen LogP contribution is -2.30. The summed E-state index contributed by atoms with van der Waals surface area (Å²) in [7, 11) is 1.55. The fourth-order valence-corrected chi connectivity index (χ4v) is 16.3. The van der Waals surface area contributed by atoms with E-state index in [0.717, 1.165) is 74.6 Å². The first-order chi connectivity index (χ1) is 69.8. The van der Waals surface area contributed by atoms with Crippen molar-refractivity contribution < 1.29 is 91.2 Å². The number of carbonyl (C=O) groups excluding carboxylic acids is 2. The van der Waals surface area contributed by atoms with Crippen molar-refractivity contribution in [1.82, 2.24) is 0 Å². The molecule has 0 aromatic heterocycles. The number of aryl methyl sites for hydroxylation is 2. The number of epoxide rings is 1. The van der Waals surface area contributed by atoms with Gasteiger partial charge >= 0.3 is 11.9 Å². The number of benzene rings is 14. The second-order valence-electron chi connectivity index (χ2n) is 38.8. The predicted molar refractivity (Wildman–Crippen MR) is 573 cm³/mol. The summed E-state index contributed by atoms with van der Waals surface area (Å²) in [5.74, 6) is 5.92. The van der Waals surface area contributed by atoms with E-state index in [1.165, 1.54) is 38.9 Å². The lowest BCUT2D eigenvalue weighted by atomic mass is 9.78. The molecule has 19 heteroatoms. The molecule has 0 amide bonds. The Bertz CT molecular complexity index is 6310. The van der Waals surface area contributed by atoms with Crippen molar-refractivity contribution in [2.24, 2.45) is 0 Å². The molecule has 0 radical (unpaired) electrons. The molecule has 0 saturated carbocycles. The van der Waals surface area contributed by atoms with Crippen LogP contribution in [0.25, 0.3) is 22.3 Å². The van der Waals surface area contributed by atoms with Crippen LogP contribution in [0.1, 0.15) is 136 Å². The molecule has 19 nitrogen and oxygen atoms in total. The number of aliphatic hydroxyl groups is 3. The topological polar surface area (TPSA) is 227 Å². The molecule has 14 aromatic carbocycles. The number of esters is 2. The quantitative estimate of drug-likeness (QED) is 0.0183. The SMILES string of the molecule is C=CC(=O)OC(COC)COc1ccc(C(C)(C)c2ccc(OCC3CO3)cc2)cc1.C=CC(=O)OC(COc1ccc(-c2ccccc2)cc1)COc1ccc(C(C)(C)c2ccc(OCC(O)COc3ccc(C(C)(C)c4ccc(C)cc4)cc3)cc2)cc1.Cc1ccc(C(C)(C)c2ccc(OCC(O)COc3ccc(C(C)(C)c4ccc(OCC(O)COc5ccc(-c6ccccc6)cc5)cc4)cc3)cc2)cc1. The highest BCUT2D eigenvalue weighted by atomic mass is 16.6. The molecule has 0 spiro atoms. The van der Waals surface area contributed by atoms with Gasteiger partial charge in [-0.3, -0.25) is 0 Å². The van der Waals surface area contributed by atoms with E-state index in [0.29, 0.717) is 58.4 Å². The lowest BCUT2D eigenvalue weighted by molar-refractivity contribution is -0.147. The van der Waals surface area contributed by atoms with E-state index in [-0.39, 0.29) is 99.2 Å². The van der Waals surface area contributed by atoms with Gasteiger partial charge in [-0.15, -0.1) is 0 Å². The van der Waals surface area contributed by atoms with E-state index in [1.54, 1.807) is 7.11 Å². The Morgan fingerprint density at radius 3 is 0.655 bits per heavy atom. The molecule has 1 fully saturated rings. The molecule has 14 aromatic rings. The third-order valence-electron chi connectivity index (χ3n) is 26.1. The van der Waals surface area contributed by atoms with Crippen molar-refractivity contribution in [3.05, 3.63) is 444 Å². The van der Waals surface area contributed by atoms with Crippen LogP contribution in [0.5, 0.6) is 57.5 Å². The van der Waals surface area contributed by atoms with Crippen molar-refractivity contribution in [1.29, 1.82) is 0 Å². The Kier molecular flexibility index (Phi) is 38.2. The molecule has 0 aliphatic carbocycles. The van der Waals surface area contributed by atoms with Crippen molar-refractivity contribution in [2.75, 3.05) is 86.4 Å². The van der Waals surface area contributed by atoms with Gasteiger partial charge in [0.15, 0.2) is 12.2 Å². The number of carbonyl (C=O) groups is 2. The molecule has 145 heavy (non-hydrogen) atoms. The van der Waals surface area contributed by atoms with E-state index in [9.17, 15) is 24.9 Å². The number of methoxy groups -OCH3 is 1. The van der Waals surface area contributed by atoms with Crippen molar-refractivity contribution in [3.63, 3.8) is 0 Å². The largest absolute Gasteiger partial charge is 0.491 e. The maximum atomic E-state index is 12.1. The molecule has 1 saturated heterocycles. The summed E-state index contributed by atoms with van der Waals surface area (Å²) in [5.41, 5.74) is 17.6. The van der Waals surface area contributed by atoms with Gasteiger partial charge in [0.1, 0.15) is 148 Å². The van der Waals surface area contributed by atoms with Gasteiger partial charge in [-0.1, -0.05) is 324 Å². The highest BCUT2D eigenvalue weighted by Gasteiger charge is 2.31. The minimum Gasteiger partial charge on any atom is -0.491 e. The van der Waals surface area contributed by atoms with Gasteiger partial charge in [0.2, 0.25) is 0 Å². The van der Waals surface area contributed by atoms with Gasteiger partial charge < -0.3 is 81.6 Å². The monoisotopic (exact) mass is 1950 g/mol. The zero-order valence-corrected chi connectivity index (χ0v) is 85.4. The minimum atomic E-state index is -0.801. The smallest absolute Gasteiger partial charge is 0.330 e. The molecule has 0 bridgehead atoms. The zero-order chi connectivity index (χ0) is 103. The van der Waals surface area contributed by atoms with Crippen LogP contribution in [-0.4, -0.2) is 150 Å². The van der Waals surface area contributed by atoms with Crippen LogP contribution in [-0.2, 0) is 55.6 Å². The van der Waals surface area contributed by atoms with Crippen LogP contribution >= 0.6 is 0 Å². The summed E-state index contributed by atoms with van der Waals surface area (Å²) in [6.07, 6.45) is -1.02. The highest BCUT2D eigenvalue weighted by Crippen LogP contribution is 2.40. The predicted octanol–water partition coefficient (Wildman–Crippen LogP) is 24.6. The van der Waals surface area contributed by atoms with Crippen molar-refractivity contribution >= 4 is 11.9 Å². The standard InChI is InChI=1S/C52H54O7.C49H52O6.C25H30O6/c1-7-50(54)59-49(35-57-45-25-15-39(16-26-45)38-11-9-8-10-12-38)36-58-48-31-23-43(24-32-48)52(5,6)42-21-29-47(30-22-42)56-34-44(53)33-55-46-27-19-41(20-28-46)51(3,4)40-17-13-37(2)14-18-40;1-35-11-15-38(16-12-35)48(2,3)39-17-25-45(26-18-39)54-33-43(51)34-55-47-29-21-41(22-30-47)49(4,5)40-19-27-46(28-20-40)53-32-42(50)31-52-44-23-13-37(14-24-44)36-9-7-6-8-10-36;1-5-24(26)31-23(14-27-4)17-29-21-12-8-19(9-13-21)25(2,3)18-6-10-20(11-7-18)28-15-22-16-30-22/h7-32,44,49,53H,1,33-36H2,2-6H3;6-30,42-43,50-51H,31-34H2,1-5H3;5-13,22-23H,1,14-17H2,2-4H3. The van der Waals surface area contributed by atoms with E-state index < -0.39 is 42.5 Å². The Hall–Kier alpha value is -14.7. The zero-order valence-electron chi connectivity index (χ0n) is 85.4. The molecular weight excluding hydrogens is 1820 g/mol. The van der Waals surface area contributed by atoms with E-state index in [2.05, 4.69) is 205 Å². The second kappa shape index (κ2) is 51.5. The summed E-state index contributed by atoms with van der Waals surface area (Å²) in [5, 5.41) is 31.7. The Balaban J connectivity index is 0.000000191. The summed E-state index contributed by atoms with van der Waals surface area (Å²) in [6.45, 7) is 35.8. The first-order valence-electron chi connectivity index (χ1n) is 49.2. The van der Waals surface area contributed by atoms with Crippen LogP contribution in [0.4, 0.5) is 0 Å². The molecule has 1 aliphatic rings. The molecule has 6 atom stereocenters. The first-order valence-corrected chi connectivity index (χ1v) is 49.2. The number of rotatable bonds is 48. The van der Waals surface area contributed by atoms with Gasteiger partial charge in [-0.05, 0) is 213 Å². The maximum absolute atomic E-state index is 12.1. The third kappa shape index (κ3) is 31.7. The molecular formula is C126H136O19. The Morgan fingerprint density at radius 1 is 0.276 bits per heavy atom. The summed E-state index contributed by atoms with van der Waals surface area (Å²) < 4.78 is 79.8. The van der Waals surface area contributed by atoms with Gasteiger partial charge in [0, 0.05) is 46.3 Å². The van der Waals surface area contributed by atoms with Crippen LogP contribution in [0.15, 0.2) is 377 Å². The fraction of sp³-hybridized carbons (Fsp3) is 0.286. The maximum Gasteiger partial charge on any atom is 0.330 e. The van der Waals surface area contributed by atoms with Crippen LogP contribution < -0.4 is 47.4 Å². The van der Waals surface area contributed by atoms with E-state index in [1.807, 2.05) is 243 Å². The number of ether oxygens (including phenoxy) is 14. The Labute approximate surface area is 854 Å². The normalized spacial score (nSPS) is 13.4. The van der Waals surface area contributed by atoms with Gasteiger partial charge in [0.25, 0.3) is 0 Å². The number of aliphatic hydroxyl groups excluding tert-OH is 3.